The Morgan fingerprint density at radius 2 is 1.51 bits per heavy atom. The fourth-order valence-electron chi connectivity index (χ4n) is 5.11. The Hall–Kier alpha value is -2.80. The summed E-state index contributed by atoms with van der Waals surface area (Å²) in [5.74, 6) is 1.44. The van der Waals surface area contributed by atoms with Crippen LogP contribution in [0.3, 0.4) is 0 Å². The van der Waals surface area contributed by atoms with Crippen molar-refractivity contribution in [1.82, 2.24) is 19.4 Å². The first-order valence-corrected chi connectivity index (χ1v) is 14.4. The zero-order valence-electron chi connectivity index (χ0n) is 21.3. The molecule has 1 atom stereocenters. The molecular formula is C25H35N7O4S. The van der Waals surface area contributed by atoms with Crippen molar-refractivity contribution in [3.8, 4) is 0 Å². The first-order valence-electron chi connectivity index (χ1n) is 12.9. The Morgan fingerprint density at radius 3 is 2.03 bits per heavy atom. The number of hydrogen-bond donors (Lipinski definition) is 1. The number of carbonyl (C=O) groups is 1. The van der Waals surface area contributed by atoms with E-state index in [1.807, 2.05) is 12.1 Å². The lowest BCUT2D eigenvalue weighted by Crippen LogP contribution is -2.49. The van der Waals surface area contributed by atoms with Gasteiger partial charge in [0.05, 0.1) is 11.0 Å². The normalized spacial score (nSPS) is 21.8. The fourth-order valence-corrected chi connectivity index (χ4v) is 6.53. The fraction of sp³-hybridized carbons (Fsp3) is 0.560. The lowest BCUT2D eigenvalue weighted by Gasteiger charge is -2.36. The van der Waals surface area contributed by atoms with E-state index in [4.69, 9.17) is 4.74 Å². The van der Waals surface area contributed by atoms with Gasteiger partial charge in [0.25, 0.3) is 0 Å². The number of aromatic nitrogens is 2. The molecule has 0 saturated carbocycles. The molecule has 3 aliphatic rings. The summed E-state index contributed by atoms with van der Waals surface area (Å²) in [4.78, 5) is 18.2. The Labute approximate surface area is 218 Å². The number of nitrogens with zero attached hydrogens (tertiary/aromatic N) is 6. The maximum Gasteiger partial charge on any atom is 0.243 e. The highest BCUT2D eigenvalue weighted by Crippen LogP contribution is 2.23. The zero-order chi connectivity index (χ0) is 25.8. The number of amides is 1. The molecule has 0 radical (unpaired) electrons. The minimum Gasteiger partial charge on any atom is -0.377 e. The van der Waals surface area contributed by atoms with E-state index < -0.39 is 10.0 Å². The number of piperazine rings is 2. The van der Waals surface area contributed by atoms with E-state index >= 15 is 0 Å². The van der Waals surface area contributed by atoms with Crippen molar-refractivity contribution < 1.29 is 17.9 Å². The molecule has 12 heteroatoms. The van der Waals surface area contributed by atoms with Crippen LogP contribution in [0.4, 0.5) is 17.3 Å². The number of nitrogens with one attached hydrogen (secondary N) is 1. The minimum absolute atomic E-state index is 0.199. The molecule has 1 unspecified atom stereocenters. The van der Waals surface area contributed by atoms with Gasteiger partial charge in [-0.1, -0.05) is 0 Å². The molecule has 1 amide bonds. The van der Waals surface area contributed by atoms with E-state index in [0.717, 1.165) is 51.0 Å². The zero-order valence-corrected chi connectivity index (χ0v) is 22.1. The molecule has 3 saturated heterocycles. The van der Waals surface area contributed by atoms with E-state index in [1.54, 1.807) is 12.1 Å². The monoisotopic (exact) mass is 529 g/mol. The van der Waals surface area contributed by atoms with Crippen LogP contribution < -0.4 is 15.1 Å². The third kappa shape index (κ3) is 6.20. The summed E-state index contributed by atoms with van der Waals surface area (Å²) in [6.45, 7) is 8.97. The van der Waals surface area contributed by atoms with Gasteiger partial charge in [0.15, 0.2) is 11.6 Å². The number of sulfonamides is 1. The molecule has 3 fully saturated rings. The Bertz CT molecular complexity index is 1150. The van der Waals surface area contributed by atoms with Crippen LogP contribution in [0.2, 0.25) is 0 Å². The summed E-state index contributed by atoms with van der Waals surface area (Å²) in [6, 6.07) is 10.3. The van der Waals surface area contributed by atoms with Crippen LogP contribution in [0.5, 0.6) is 0 Å². The second-order valence-corrected chi connectivity index (χ2v) is 11.7. The van der Waals surface area contributed by atoms with Gasteiger partial charge in [-0.2, -0.15) is 4.31 Å². The number of benzene rings is 1. The Morgan fingerprint density at radius 1 is 0.919 bits per heavy atom. The summed E-state index contributed by atoms with van der Waals surface area (Å²) in [5, 5.41) is 11.6. The molecule has 0 aliphatic carbocycles. The standard InChI is InChI=1S/C25H35N7O4S/c1-20(33)26-21-4-6-23(7-5-21)37(34,35)32-16-14-31(15-17-32)25-9-8-24(27-28-25)30-12-10-29(11-13-30)19-22-3-2-18-36-22/h4-9,22H,2-3,10-19H2,1H3,(H,26,33). The predicted octanol–water partition coefficient (Wildman–Crippen LogP) is 1.25. The minimum atomic E-state index is -3.61. The molecule has 200 valence electrons. The maximum absolute atomic E-state index is 13.1. The largest absolute Gasteiger partial charge is 0.377 e. The van der Waals surface area contributed by atoms with E-state index in [0.29, 0.717) is 38.0 Å². The van der Waals surface area contributed by atoms with Crippen LogP contribution in [-0.4, -0.2) is 105 Å². The van der Waals surface area contributed by atoms with Gasteiger partial charge < -0.3 is 19.9 Å². The van der Waals surface area contributed by atoms with Crippen LogP contribution in [0.1, 0.15) is 19.8 Å². The third-order valence-electron chi connectivity index (χ3n) is 7.19. The SMILES string of the molecule is CC(=O)Nc1ccc(S(=O)(=O)N2CCN(c3ccc(N4CCN(CC5CCCO5)CC4)nn3)CC2)cc1. The molecule has 5 rings (SSSR count). The molecule has 0 bridgehead atoms. The molecule has 2 aromatic rings. The maximum atomic E-state index is 13.1. The highest BCUT2D eigenvalue weighted by atomic mass is 32.2. The van der Waals surface area contributed by atoms with E-state index in [-0.39, 0.29) is 10.8 Å². The van der Waals surface area contributed by atoms with Crippen molar-refractivity contribution in [3.05, 3.63) is 36.4 Å². The number of carbonyl (C=O) groups excluding carboxylic acids is 1. The molecule has 11 nitrogen and oxygen atoms in total. The molecule has 37 heavy (non-hydrogen) atoms. The molecular weight excluding hydrogens is 494 g/mol. The smallest absolute Gasteiger partial charge is 0.243 e. The van der Waals surface area contributed by atoms with Gasteiger partial charge in [0.2, 0.25) is 15.9 Å². The van der Waals surface area contributed by atoms with Crippen LogP contribution in [0.25, 0.3) is 0 Å². The second-order valence-electron chi connectivity index (χ2n) is 9.77. The van der Waals surface area contributed by atoms with Crippen molar-refractivity contribution in [2.24, 2.45) is 0 Å². The van der Waals surface area contributed by atoms with Crippen molar-refractivity contribution >= 4 is 33.3 Å². The molecule has 3 aliphatic heterocycles. The van der Waals surface area contributed by atoms with Crippen molar-refractivity contribution in [2.75, 3.05) is 80.6 Å². The number of ether oxygens (including phenoxy) is 1. The van der Waals surface area contributed by atoms with Gasteiger partial charge in [-0.05, 0) is 49.2 Å². The number of rotatable bonds is 7. The second kappa shape index (κ2) is 11.3. The summed E-state index contributed by atoms with van der Waals surface area (Å²) >= 11 is 0. The first-order chi connectivity index (χ1) is 17.9. The highest BCUT2D eigenvalue weighted by molar-refractivity contribution is 7.89. The van der Waals surface area contributed by atoms with Crippen LogP contribution in [0, 0.1) is 0 Å². The highest BCUT2D eigenvalue weighted by Gasteiger charge is 2.29. The number of anilines is 3. The summed E-state index contributed by atoms with van der Waals surface area (Å²) < 4.78 is 33.4. The van der Waals surface area contributed by atoms with Gasteiger partial charge in [-0.25, -0.2) is 8.42 Å². The Kier molecular flexibility index (Phi) is 7.89. The average Bonchev–Trinajstić information content (AvgIpc) is 3.42. The molecule has 0 spiro atoms. The third-order valence-corrected chi connectivity index (χ3v) is 9.11. The van der Waals surface area contributed by atoms with Gasteiger partial charge >= 0.3 is 0 Å². The van der Waals surface area contributed by atoms with Gasteiger partial charge in [-0.15, -0.1) is 10.2 Å². The van der Waals surface area contributed by atoms with E-state index in [9.17, 15) is 13.2 Å². The van der Waals surface area contributed by atoms with E-state index in [1.165, 1.54) is 36.2 Å². The molecule has 1 aromatic carbocycles. The lowest BCUT2D eigenvalue weighted by atomic mass is 10.2. The topological polar surface area (TPSA) is 111 Å². The van der Waals surface area contributed by atoms with Gasteiger partial charge in [0.1, 0.15) is 0 Å². The molecule has 1 N–H and O–H groups in total. The average molecular weight is 530 g/mol. The first kappa shape index (κ1) is 25.8. The van der Waals surface area contributed by atoms with Gasteiger partial charge in [0, 0.05) is 78.1 Å². The van der Waals surface area contributed by atoms with Crippen molar-refractivity contribution in [3.63, 3.8) is 0 Å². The van der Waals surface area contributed by atoms with Crippen molar-refractivity contribution in [2.45, 2.75) is 30.8 Å². The summed E-state index contributed by atoms with van der Waals surface area (Å²) in [6.07, 6.45) is 2.73. The number of hydrogen-bond acceptors (Lipinski definition) is 9. The van der Waals surface area contributed by atoms with Crippen LogP contribution >= 0.6 is 0 Å². The van der Waals surface area contributed by atoms with E-state index in [2.05, 4.69) is 30.2 Å². The quantitative estimate of drug-likeness (QED) is 0.566. The molecule has 4 heterocycles. The summed E-state index contributed by atoms with van der Waals surface area (Å²) in [5.41, 5.74) is 0.568. The summed E-state index contributed by atoms with van der Waals surface area (Å²) in [7, 11) is -3.61. The lowest BCUT2D eigenvalue weighted by molar-refractivity contribution is -0.114. The van der Waals surface area contributed by atoms with Gasteiger partial charge in [-0.3, -0.25) is 9.69 Å². The van der Waals surface area contributed by atoms with Crippen molar-refractivity contribution in [1.29, 1.82) is 0 Å². The van der Waals surface area contributed by atoms with Crippen LogP contribution in [0.15, 0.2) is 41.3 Å². The predicted molar refractivity (Wildman–Crippen MR) is 141 cm³/mol. The molecule has 1 aromatic heterocycles. The Balaban J connectivity index is 1.12. The van der Waals surface area contributed by atoms with Crippen LogP contribution in [-0.2, 0) is 19.6 Å².